The third-order valence-electron chi connectivity index (χ3n) is 3.13. The van der Waals surface area contributed by atoms with Crippen molar-refractivity contribution in [1.29, 1.82) is 0 Å². The molecule has 1 aliphatic rings. The van der Waals surface area contributed by atoms with E-state index in [1.807, 2.05) is 0 Å². The summed E-state index contributed by atoms with van der Waals surface area (Å²) in [6.07, 6.45) is 2.14. The van der Waals surface area contributed by atoms with Crippen LogP contribution >= 0.6 is 11.8 Å². The summed E-state index contributed by atoms with van der Waals surface area (Å²) >= 11 is 1.29. The van der Waals surface area contributed by atoms with Gasteiger partial charge in [-0.05, 0) is 26.7 Å². The number of carboxylic acids is 1. The molecule has 0 unspecified atom stereocenters. The van der Waals surface area contributed by atoms with Crippen molar-refractivity contribution < 1.29 is 14.4 Å². The first-order valence-electron chi connectivity index (χ1n) is 6.58. The minimum Gasteiger partial charge on any atom is -0.478 e. The zero-order valence-corrected chi connectivity index (χ0v) is 12.5. The lowest BCUT2D eigenvalue weighted by atomic mass is 10.2. The molecule has 2 aromatic heterocycles. The van der Waals surface area contributed by atoms with Crippen LogP contribution in [-0.2, 0) is 5.75 Å². The van der Waals surface area contributed by atoms with Gasteiger partial charge in [0.2, 0.25) is 5.89 Å². The molecular weight excluding hydrogens is 292 g/mol. The highest BCUT2D eigenvalue weighted by Gasteiger charge is 2.29. The van der Waals surface area contributed by atoms with E-state index in [4.69, 9.17) is 4.52 Å². The van der Waals surface area contributed by atoms with E-state index < -0.39 is 5.97 Å². The molecule has 1 N–H and O–H groups in total. The SMILES string of the molecule is Cc1noc(CSc2nc(C3CC3)nc(C)c2C(=O)O)n1. The molecule has 0 saturated heterocycles. The smallest absolute Gasteiger partial charge is 0.340 e. The highest BCUT2D eigenvalue weighted by molar-refractivity contribution is 7.98. The van der Waals surface area contributed by atoms with Gasteiger partial charge in [-0.1, -0.05) is 16.9 Å². The van der Waals surface area contributed by atoms with Crippen LogP contribution in [0.2, 0.25) is 0 Å². The van der Waals surface area contributed by atoms with Crippen molar-refractivity contribution in [2.24, 2.45) is 0 Å². The Labute approximate surface area is 125 Å². The molecule has 2 aromatic rings. The summed E-state index contributed by atoms with van der Waals surface area (Å²) in [7, 11) is 0. The Hall–Kier alpha value is -1.96. The van der Waals surface area contributed by atoms with Gasteiger partial charge in [-0.3, -0.25) is 0 Å². The highest BCUT2D eigenvalue weighted by atomic mass is 32.2. The molecule has 0 amide bonds. The number of rotatable bonds is 5. The molecule has 7 nitrogen and oxygen atoms in total. The van der Waals surface area contributed by atoms with E-state index in [1.54, 1.807) is 13.8 Å². The maximum atomic E-state index is 11.4. The van der Waals surface area contributed by atoms with Crippen molar-refractivity contribution in [3.8, 4) is 0 Å². The number of aromatic nitrogens is 4. The van der Waals surface area contributed by atoms with Gasteiger partial charge in [0.25, 0.3) is 0 Å². The van der Waals surface area contributed by atoms with Gasteiger partial charge < -0.3 is 9.63 Å². The zero-order valence-electron chi connectivity index (χ0n) is 11.7. The van der Waals surface area contributed by atoms with E-state index in [9.17, 15) is 9.90 Å². The first kappa shape index (κ1) is 14.0. The van der Waals surface area contributed by atoms with Gasteiger partial charge in [-0.15, -0.1) is 0 Å². The molecule has 0 bridgehead atoms. The van der Waals surface area contributed by atoms with Crippen LogP contribution in [0.3, 0.4) is 0 Å². The minimum absolute atomic E-state index is 0.153. The lowest BCUT2D eigenvalue weighted by Gasteiger charge is -2.08. The quantitative estimate of drug-likeness (QED) is 0.663. The first-order chi connectivity index (χ1) is 10.0. The summed E-state index contributed by atoms with van der Waals surface area (Å²) in [4.78, 5) is 24.3. The maximum absolute atomic E-state index is 11.4. The molecule has 3 rings (SSSR count). The monoisotopic (exact) mass is 306 g/mol. The van der Waals surface area contributed by atoms with Crippen LogP contribution in [0.1, 0.15) is 52.4 Å². The number of hydrogen-bond donors (Lipinski definition) is 1. The molecule has 0 aromatic carbocycles. The number of nitrogens with zero attached hydrogens (tertiary/aromatic N) is 4. The zero-order chi connectivity index (χ0) is 15.0. The van der Waals surface area contributed by atoms with Crippen molar-refractivity contribution in [2.75, 3.05) is 0 Å². The normalized spacial score (nSPS) is 14.4. The Kier molecular flexibility index (Phi) is 3.62. The predicted molar refractivity (Wildman–Crippen MR) is 74.3 cm³/mol. The Morgan fingerprint density at radius 2 is 2.10 bits per heavy atom. The lowest BCUT2D eigenvalue weighted by molar-refractivity contribution is 0.0690. The third-order valence-corrected chi connectivity index (χ3v) is 4.09. The molecule has 0 aliphatic heterocycles. The molecule has 1 saturated carbocycles. The number of hydrogen-bond acceptors (Lipinski definition) is 7. The van der Waals surface area contributed by atoms with Gasteiger partial charge in [0.05, 0.1) is 11.4 Å². The minimum atomic E-state index is -1.01. The van der Waals surface area contributed by atoms with E-state index in [-0.39, 0.29) is 5.56 Å². The van der Waals surface area contributed by atoms with Crippen LogP contribution in [0.4, 0.5) is 0 Å². The first-order valence-corrected chi connectivity index (χ1v) is 7.57. The van der Waals surface area contributed by atoms with Gasteiger partial charge in [0.15, 0.2) is 5.82 Å². The fourth-order valence-corrected chi connectivity index (χ4v) is 2.89. The van der Waals surface area contributed by atoms with Crippen LogP contribution < -0.4 is 0 Å². The average molecular weight is 306 g/mol. The summed E-state index contributed by atoms with van der Waals surface area (Å²) < 4.78 is 5.03. The second-order valence-corrected chi connectivity index (χ2v) is 5.91. The molecule has 0 atom stereocenters. The third kappa shape index (κ3) is 3.05. The molecule has 1 fully saturated rings. The van der Waals surface area contributed by atoms with E-state index in [0.717, 1.165) is 18.7 Å². The van der Waals surface area contributed by atoms with Gasteiger partial charge in [0, 0.05) is 5.92 Å². The largest absolute Gasteiger partial charge is 0.478 e. The number of thioether (sulfide) groups is 1. The van der Waals surface area contributed by atoms with Gasteiger partial charge in [-0.25, -0.2) is 14.8 Å². The number of carboxylic acid groups (broad SMARTS) is 1. The molecule has 0 spiro atoms. The van der Waals surface area contributed by atoms with Crippen LogP contribution in [0.25, 0.3) is 0 Å². The number of aromatic carboxylic acids is 1. The Morgan fingerprint density at radius 3 is 2.67 bits per heavy atom. The predicted octanol–water partition coefficient (Wildman–Crippen LogP) is 2.34. The molecular formula is C13H14N4O3S. The van der Waals surface area contributed by atoms with Crippen molar-refractivity contribution in [2.45, 2.75) is 43.4 Å². The summed E-state index contributed by atoms with van der Waals surface area (Å²) in [5.41, 5.74) is 0.657. The van der Waals surface area contributed by atoms with Gasteiger partial charge in [-0.2, -0.15) is 4.98 Å². The van der Waals surface area contributed by atoms with Gasteiger partial charge >= 0.3 is 5.97 Å². The fraction of sp³-hybridized carbons (Fsp3) is 0.462. The Morgan fingerprint density at radius 1 is 1.33 bits per heavy atom. The fourth-order valence-electron chi connectivity index (χ4n) is 1.97. The standard InChI is InChI=1S/C13H14N4O3S/c1-6-10(13(18)19)12(16-11(14-6)8-3-4-8)21-5-9-15-7(2)17-20-9/h8H,3-5H2,1-2H3,(H,18,19). The molecule has 1 aliphatic carbocycles. The van der Waals surface area contributed by atoms with E-state index in [1.165, 1.54) is 11.8 Å². The van der Waals surface area contributed by atoms with Crippen molar-refractivity contribution in [3.05, 3.63) is 28.8 Å². The number of aryl methyl sites for hydroxylation is 2. The highest BCUT2D eigenvalue weighted by Crippen LogP contribution is 2.39. The summed E-state index contributed by atoms with van der Waals surface area (Å²) in [6, 6.07) is 0. The summed E-state index contributed by atoms with van der Waals surface area (Å²) in [5, 5.41) is 13.5. The summed E-state index contributed by atoms with van der Waals surface area (Å²) in [5.74, 6) is 1.50. The van der Waals surface area contributed by atoms with Crippen molar-refractivity contribution >= 4 is 17.7 Å². The van der Waals surface area contributed by atoms with Gasteiger partial charge in [0.1, 0.15) is 16.4 Å². The second kappa shape index (κ2) is 5.44. The molecule has 8 heteroatoms. The van der Waals surface area contributed by atoms with Crippen molar-refractivity contribution in [1.82, 2.24) is 20.1 Å². The van der Waals surface area contributed by atoms with Crippen molar-refractivity contribution in [3.63, 3.8) is 0 Å². The lowest BCUT2D eigenvalue weighted by Crippen LogP contribution is -2.09. The molecule has 21 heavy (non-hydrogen) atoms. The van der Waals surface area contributed by atoms with E-state index in [2.05, 4.69) is 20.1 Å². The van der Waals surface area contributed by atoms with Crippen LogP contribution in [-0.4, -0.2) is 31.2 Å². The van der Waals surface area contributed by atoms with E-state index in [0.29, 0.717) is 34.1 Å². The number of carbonyl (C=O) groups is 1. The Balaban J connectivity index is 1.88. The second-order valence-electron chi connectivity index (χ2n) is 4.95. The van der Waals surface area contributed by atoms with Crippen LogP contribution in [0, 0.1) is 13.8 Å². The molecule has 2 heterocycles. The maximum Gasteiger partial charge on any atom is 0.340 e. The van der Waals surface area contributed by atoms with Crippen LogP contribution in [0.15, 0.2) is 9.55 Å². The summed E-state index contributed by atoms with van der Waals surface area (Å²) in [6.45, 7) is 3.44. The van der Waals surface area contributed by atoms with E-state index >= 15 is 0 Å². The molecule has 110 valence electrons. The average Bonchev–Trinajstić information content (AvgIpc) is 3.18. The van der Waals surface area contributed by atoms with Crippen LogP contribution in [0.5, 0.6) is 0 Å². The Bertz CT molecular complexity index is 697. The topological polar surface area (TPSA) is 102 Å². The molecule has 0 radical (unpaired) electrons.